The first-order valence-corrected chi connectivity index (χ1v) is 8.84. The highest BCUT2D eigenvalue weighted by molar-refractivity contribution is 7.89. The summed E-state index contributed by atoms with van der Waals surface area (Å²) in [6.45, 7) is 5.86. The molecule has 1 amide bonds. The van der Waals surface area contributed by atoms with Crippen molar-refractivity contribution in [2.45, 2.75) is 38.0 Å². The van der Waals surface area contributed by atoms with E-state index in [9.17, 15) is 13.2 Å². The van der Waals surface area contributed by atoms with Crippen molar-refractivity contribution in [3.05, 3.63) is 18.0 Å². The Hall–Kier alpha value is -1.34. The number of sulfonamides is 1. The minimum atomic E-state index is -3.78. The molecule has 1 fully saturated rings. The number of likely N-dealkylation sites (tertiary alicyclic amines) is 1. The maximum atomic E-state index is 12.4. The fourth-order valence-electron chi connectivity index (χ4n) is 2.82. The Kier molecular flexibility index (Phi) is 4.73. The van der Waals surface area contributed by atoms with E-state index in [4.69, 9.17) is 5.14 Å². The third-order valence-electron chi connectivity index (χ3n) is 4.22. The summed E-state index contributed by atoms with van der Waals surface area (Å²) < 4.78 is 22.5. The van der Waals surface area contributed by atoms with E-state index in [1.807, 2.05) is 0 Å². The smallest absolute Gasteiger partial charge is 0.270 e. The summed E-state index contributed by atoms with van der Waals surface area (Å²) in [5.41, 5.74) is 0.280. The SMILES string of the molecule is CC(C)C1CCCN(C(=O)c2cc(S(N)(=O)=O)c[nH]2)CC1. The van der Waals surface area contributed by atoms with Crippen LogP contribution in [0.3, 0.4) is 0 Å². The summed E-state index contributed by atoms with van der Waals surface area (Å²) in [5.74, 6) is 1.11. The first-order chi connectivity index (χ1) is 9.79. The summed E-state index contributed by atoms with van der Waals surface area (Å²) in [6, 6.07) is 1.31. The van der Waals surface area contributed by atoms with Crippen LogP contribution in [0.1, 0.15) is 43.6 Å². The van der Waals surface area contributed by atoms with Crippen molar-refractivity contribution in [2.75, 3.05) is 13.1 Å². The van der Waals surface area contributed by atoms with E-state index in [2.05, 4.69) is 18.8 Å². The van der Waals surface area contributed by atoms with E-state index < -0.39 is 10.0 Å². The first-order valence-electron chi connectivity index (χ1n) is 7.29. The van der Waals surface area contributed by atoms with Crippen molar-refractivity contribution < 1.29 is 13.2 Å². The van der Waals surface area contributed by atoms with Gasteiger partial charge in [0.15, 0.2) is 0 Å². The molecule has 118 valence electrons. The first kappa shape index (κ1) is 16.0. The quantitative estimate of drug-likeness (QED) is 0.886. The summed E-state index contributed by atoms with van der Waals surface area (Å²) >= 11 is 0. The second kappa shape index (κ2) is 6.19. The van der Waals surface area contributed by atoms with E-state index in [0.29, 0.717) is 24.9 Å². The van der Waals surface area contributed by atoms with Crippen molar-refractivity contribution in [2.24, 2.45) is 17.0 Å². The van der Waals surface area contributed by atoms with Gasteiger partial charge < -0.3 is 9.88 Å². The second-order valence-electron chi connectivity index (χ2n) is 6.02. The molecule has 1 aromatic rings. The van der Waals surface area contributed by atoms with Gasteiger partial charge in [-0.15, -0.1) is 0 Å². The molecule has 1 aliphatic rings. The van der Waals surface area contributed by atoms with Gasteiger partial charge in [0.05, 0.1) is 4.90 Å². The lowest BCUT2D eigenvalue weighted by Gasteiger charge is -2.21. The Bertz CT molecular complexity index is 607. The molecular formula is C14H23N3O3S. The van der Waals surface area contributed by atoms with Crippen molar-refractivity contribution in [1.29, 1.82) is 0 Å². The standard InChI is InChI=1S/C14H23N3O3S/c1-10(2)11-4-3-6-17(7-5-11)14(18)13-8-12(9-16-13)21(15,19)20/h8-11,16H,3-7H2,1-2H3,(H2,15,19,20). The molecule has 6 nitrogen and oxygen atoms in total. The lowest BCUT2D eigenvalue weighted by atomic mass is 9.89. The Balaban J connectivity index is 2.08. The number of aromatic amines is 1. The van der Waals surface area contributed by atoms with Gasteiger partial charge in [-0.2, -0.15) is 0 Å². The number of nitrogens with two attached hydrogens (primary N) is 1. The van der Waals surface area contributed by atoms with Crippen LogP contribution < -0.4 is 5.14 Å². The summed E-state index contributed by atoms with van der Waals surface area (Å²) in [5, 5.41) is 5.05. The van der Waals surface area contributed by atoms with Gasteiger partial charge in [0, 0.05) is 19.3 Å². The van der Waals surface area contributed by atoms with E-state index >= 15 is 0 Å². The van der Waals surface area contributed by atoms with Gasteiger partial charge in [-0.3, -0.25) is 4.79 Å². The van der Waals surface area contributed by atoms with Crippen molar-refractivity contribution in [1.82, 2.24) is 9.88 Å². The van der Waals surface area contributed by atoms with Crippen molar-refractivity contribution in [3.8, 4) is 0 Å². The zero-order valence-corrected chi connectivity index (χ0v) is 13.3. The number of nitrogens with one attached hydrogen (secondary N) is 1. The van der Waals surface area contributed by atoms with E-state index in [1.165, 1.54) is 12.3 Å². The van der Waals surface area contributed by atoms with Gasteiger partial charge in [0.1, 0.15) is 5.69 Å². The van der Waals surface area contributed by atoms with E-state index in [-0.39, 0.29) is 16.5 Å². The number of primary sulfonamides is 1. The molecule has 0 aliphatic carbocycles. The maximum Gasteiger partial charge on any atom is 0.270 e. The summed E-state index contributed by atoms with van der Waals surface area (Å²) in [4.78, 5) is 16.9. The van der Waals surface area contributed by atoms with Gasteiger partial charge in [-0.1, -0.05) is 13.8 Å². The van der Waals surface area contributed by atoms with Gasteiger partial charge in [-0.05, 0) is 37.2 Å². The van der Waals surface area contributed by atoms with Crippen LogP contribution in [0.25, 0.3) is 0 Å². The third-order valence-corrected chi connectivity index (χ3v) is 5.11. The number of amides is 1. The molecule has 0 spiro atoms. The second-order valence-corrected chi connectivity index (χ2v) is 7.58. The number of aromatic nitrogens is 1. The predicted molar refractivity (Wildman–Crippen MR) is 80.2 cm³/mol. The molecule has 0 radical (unpaired) electrons. The Morgan fingerprint density at radius 3 is 2.67 bits per heavy atom. The highest BCUT2D eigenvalue weighted by Crippen LogP contribution is 2.25. The molecule has 1 aliphatic heterocycles. The van der Waals surface area contributed by atoms with Crippen molar-refractivity contribution >= 4 is 15.9 Å². The monoisotopic (exact) mass is 313 g/mol. The highest BCUT2D eigenvalue weighted by atomic mass is 32.2. The number of rotatable bonds is 3. The number of carbonyl (C=O) groups is 1. The highest BCUT2D eigenvalue weighted by Gasteiger charge is 2.24. The number of H-pyrrole nitrogens is 1. The minimum absolute atomic E-state index is 0.0549. The van der Waals surface area contributed by atoms with Crippen LogP contribution in [0, 0.1) is 11.8 Å². The Morgan fingerprint density at radius 2 is 2.10 bits per heavy atom. The van der Waals surface area contributed by atoms with Crippen LogP contribution in [0.2, 0.25) is 0 Å². The molecule has 0 bridgehead atoms. The molecule has 3 N–H and O–H groups in total. The lowest BCUT2D eigenvalue weighted by Crippen LogP contribution is -2.32. The van der Waals surface area contributed by atoms with Crippen LogP contribution in [0.15, 0.2) is 17.2 Å². The number of carbonyl (C=O) groups excluding carboxylic acids is 1. The van der Waals surface area contributed by atoms with Crippen LogP contribution in [0.5, 0.6) is 0 Å². The van der Waals surface area contributed by atoms with Crippen LogP contribution in [-0.2, 0) is 10.0 Å². The minimum Gasteiger partial charge on any atom is -0.356 e. The summed E-state index contributed by atoms with van der Waals surface area (Å²) in [7, 11) is -3.78. The molecule has 2 heterocycles. The normalized spacial score (nSPS) is 20.6. The number of nitrogens with zero attached hydrogens (tertiary/aromatic N) is 1. The largest absolute Gasteiger partial charge is 0.356 e. The van der Waals surface area contributed by atoms with Gasteiger partial charge in [-0.25, -0.2) is 13.6 Å². The van der Waals surface area contributed by atoms with Gasteiger partial charge >= 0.3 is 0 Å². The Labute approximate surface area is 125 Å². The van der Waals surface area contributed by atoms with E-state index in [0.717, 1.165) is 19.3 Å². The lowest BCUT2D eigenvalue weighted by molar-refractivity contribution is 0.0753. The molecule has 0 saturated carbocycles. The third kappa shape index (κ3) is 3.85. The fraction of sp³-hybridized carbons (Fsp3) is 0.643. The molecule has 7 heteroatoms. The predicted octanol–water partition coefficient (Wildman–Crippen LogP) is 1.56. The number of hydrogen-bond donors (Lipinski definition) is 2. The molecule has 1 unspecified atom stereocenters. The van der Waals surface area contributed by atoms with Crippen LogP contribution >= 0.6 is 0 Å². The maximum absolute atomic E-state index is 12.4. The van der Waals surface area contributed by atoms with Crippen LogP contribution in [-0.4, -0.2) is 37.3 Å². The topological polar surface area (TPSA) is 96.3 Å². The molecule has 1 saturated heterocycles. The average Bonchev–Trinajstić information content (AvgIpc) is 2.76. The molecule has 0 aromatic carbocycles. The number of hydrogen-bond acceptors (Lipinski definition) is 3. The average molecular weight is 313 g/mol. The van der Waals surface area contributed by atoms with Crippen molar-refractivity contribution in [3.63, 3.8) is 0 Å². The molecular weight excluding hydrogens is 290 g/mol. The molecule has 2 rings (SSSR count). The van der Waals surface area contributed by atoms with Gasteiger partial charge in [0.25, 0.3) is 5.91 Å². The molecule has 1 aromatic heterocycles. The Morgan fingerprint density at radius 1 is 1.38 bits per heavy atom. The summed E-state index contributed by atoms with van der Waals surface area (Å²) in [6.07, 6.45) is 4.37. The van der Waals surface area contributed by atoms with Gasteiger partial charge in [0.2, 0.25) is 10.0 Å². The van der Waals surface area contributed by atoms with Crippen LogP contribution in [0.4, 0.5) is 0 Å². The zero-order valence-electron chi connectivity index (χ0n) is 12.5. The fourth-order valence-corrected chi connectivity index (χ4v) is 3.33. The van der Waals surface area contributed by atoms with E-state index in [1.54, 1.807) is 4.90 Å². The zero-order chi connectivity index (χ0) is 15.6. The molecule has 21 heavy (non-hydrogen) atoms. The molecule has 1 atom stereocenters.